The van der Waals surface area contributed by atoms with E-state index in [2.05, 4.69) is 5.10 Å². The molecule has 3 rings (SSSR count). The van der Waals surface area contributed by atoms with Gasteiger partial charge in [-0.05, 0) is 25.1 Å². The number of fused-ring (bicyclic) bond motifs is 1. The number of nitrogens with zero attached hydrogens (tertiary/aromatic N) is 3. The third-order valence-electron chi connectivity index (χ3n) is 3.80. The SMILES string of the molecule is C.COc1cc(N2C[C@H](C)n3nccc3C2=O)ccc1C(F)(F)F.S. The monoisotopic (exact) mass is 375 g/mol. The Morgan fingerprint density at radius 3 is 2.56 bits per heavy atom. The largest absolute Gasteiger partial charge is 0.496 e. The summed E-state index contributed by atoms with van der Waals surface area (Å²) in [5.74, 6) is -0.614. The van der Waals surface area contributed by atoms with Gasteiger partial charge in [-0.2, -0.15) is 31.8 Å². The second-order valence-corrected chi connectivity index (χ2v) is 5.31. The molecule has 1 amide bonds. The summed E-state index contributed by atoms with van der Waals surface area (Å²) < 4.78 is 45.2. The van der Waals surface area contributed by atoms with Gasteiger partial charge >= 0.3 is 6.18 Å². The van der Waals surface area contributed by atoms with Gasteiger partial charge in [0, 0.05) is 24.5 Å². The van der Waals surface area contributed by atoms with Crippen LogP contribution in [0.15, 0.2) is 30.5 Å². The van der Waals surface area contributed by atoms with Crippen LogP contribution in [-0.2, 0) is 6.18 Å². The van der Waals surface area contributed by atoms with Crippen molar-refractivity contribution in [2.75, 3.05) is 18.6 Å². The van der Waals surface area contributed by atoms with Crippen LogP contribution in [0.2, 0.25) is 0 Å². The fourth-order valence-electron chi connectivity index (χ4n) is 2.70. The number of carbonyl (C=O) groups is 1. The molecule has 1 aromatic carbocycles. The van der Waals surface area contributed by atoms with Crippen LogP contribution in [0.3, 0.4) is 0 Å². The average molecular weight is 375 g/mol. The molecule has 5 nitrogen and oxygen atoms in total. The lowest BCUT2D eigenvalue weighted by Gasteiger charge is -2.32. The zero-order chi connectivity index (χ0) is 16.8. The van der Waals surface area contributed by atoms with Crippen LogP contribution >= 0.6 is 13.5 Å². The van der Waals surface area contributed by atoms with E-state index in [0.29, 0.717) is 17.9 Å². The summed E-state index contributed by atoms with van der Waals surface area (Å²) >= 11 is 0. The summed E-state index contributed by atoms with van der Waals surface area (Å²) in [6, 6.07) is 4.96. The van der Waals surface area contributed by atoms with E-state index in [1.54, 1.807) is 10.7 Å². The summed E-state index contributed by atoms with van der Waals surface area (Å²) in [5.41, 5.74) is -0.104. The zero-order valence-corrected chi connectivity index (χ0v) is 14.0. The number of carbonyl (C=O) groups excluding carboxylic acids is 1. The lowest BCUT2D eigenvalue weighted by atomic mass is 10.1. The first-order chi connectivity index (χ1) is 10.8. The van der Waals surface area contributed by atoms with Gasteiger partial charge in [0.2, 0.25) is 0 Å². The lowest BCUT2D eigenvalue weighted by molar-refractivity contribution is -0.138. The van der Waals surface area contributed by atoms with Crippen molar-refractivity contribution in [3.63, 3.8) is 0 Å². The molecule has 0 fully saturated rings. The van der Waals surface area contributed by atoms with E-state index < -0.39 is 11.7 Å². The standard InChI is InChI=1S/C15H14F3N3O2.CH4.H2S/c1-9-8-20(14(22)12-5-6-19-21(9)12)10-3-4-11(15(16,17)18)13(7-10)23-2;;/h3-7,9H,8H2,1-2H3;1H4;1H2/t9-;;/m0../s1. The molecule has 0 saturated heterocycles. The van der Waals surface area contributed by atoms with E-state index in [9.17, 15) is 18.0 Å². The molecule has 0 aliphatic carbocycles. The third kappa shape index (κ3) is 3.60. The molecule has 25 heavy (non-hydrogen) atoms. The van der Waals surface area contributed by atoms with E-state index in [4.69, 9.17) is 4.74 Å². The van der Waals surface area contributed by atoms with E-state index >= 15 is 0 Å². The molecule has 1 aromatic heterocycles. The number of amides is 1. The normalized spacial score (nSPS) is 16.6. The summed E-state index contributed by atoms with van der Waals surface area (Å²) in [5, 5.41) is 4.09. The van der Waals surface area contributed by atoms with Crippen molar-refractivity contribution >= 4 is 25.1 Å². The second-order valence-electron chi connectivity index (χ2n) is 5.31. The molecular formula is C16H20F3N3O2S. The first-order valence-electron chi connectivity index (χ1n) is 6.93. The second kappa shape index (κ2) is 7.38. The molecule has 0 unspecified atom stereocenters. The van der Waals surface area contributed by atoms with Gasteiger partial charge in [0.15, 0.2) is 0 Å². The zero-order valence-electron chi connectivity index (χ0n) is 13.0. The lowest BCUT2D eigenvalue weighted by Crippen LogP contribution is -2.42. The number of hydrogen-bond donors (Lipinski definition) is 0. The Morgan fingerprint density at radius 1 is 1.28 bits per heavy atom. The highest BCUT2D eigenvalue weighted by atomic mass is 32.1. The minimum absolute atomic E-state index is 0. The first kappa shape index (κ1) is 20.9. The van der Waals surface area contributed by atoms with E-state index in [1.165, 1.54) is 30.3 Å². The van der Waals surface area contributed by atoms with Gasteiger partial charge in [-0.1, -0.05) is 7.43 Å². The summed E-state index contributed by atoms with van der Waals surface area (Å²) in [6.45, 7) is 2.21. The van der Waals surface area contributed by atoms with Crippen molar-refractivity contribution in [3.8, 4) is 5.75 Å². The predicted octanol–water partition coefficient (Wildman–Crippen LogP) is 3.88. The van der Waals surface area contributed by atoms with Crippen LogP contribution in [0.1, 0.15) is 36.4 Å². The molecule has 9 heteroatoms. The fraction of sp³-hybridized carbons (Fsp3) is 0.375. The average Bonchev–Trinajstić information content (AvgIpc) is 2.99. The number of alkyl halides is 3. The van der Waals surface area contributed by atoms with Crippen LogP contribution in [0.5, 0.6) is 5.75 Å². The molecule has 0 bridgehead atoms. The van der Waals surface area contributed by atoms with Gasteiger partial charge in [-0.25, -0.2) is 0 Å². The Hall–Kier alpha value is -2.16. The highest BCUT2D eigenvalue weighted by Crippen LogP contribution is 2.39. The molecule has 1 atom stereocenters. The Labute approximate surface area is 150 Å². The van der Waals surface area contributed by atoms with Crippen molar-refractivity contribution in [1.29, 1.82) is 0 Å². The Kier molecular flexibility index (Phi) is 6.17. The number of benzene rings is 1. The van der Waals surface area contributed by atoms with Crippen molar-refractivity contribution in [1.82, 2.24) is 9.78 Å². The molecule has 2 aromatic rings. The van der Waals surface area contributed by atoms with Crippen LogP contribution in [0.4, 0.5) is 18.9 Å². The van der Waals surface area contributed by atoms with Crippen LogP contribution < -0.4 is 9.64 Å². The third-order valence-corrected chi connectivity index (χ3v) is 3.80. The molecule has 1 aliphatic heterocycles. The summed E-state index contributed by atoms with van der Waals surface area (Å²) in [7, 11) is 1.17. The number of anilines is 1. The minimum Gasteiger partial charge on any atom is -0.496 e. The maximum atomic E-state index is 12.9. The number of halogens is 3. The number of aromatic nitrogens is 2. The summed E-state index contributed by atoms with van der Waals surface area (Å²) in [6.07, 6.45) is -2.98. The number of ether oxygens (including phenoxy) is 1. The Morgan fingerprint density at radius 2 is 1.96 bits per heavy atom. The molecule has 138 valence electrons. The maximum absolute atomic E-state index is 12.9. The first-order valence-corrected chi connectivity index (χ1v) is 6.93. The van der Waals surface area contributed by atoms with Crippen LogP contribution in [0, 0.1) is 0 Å². The van der Waals surface area contributed by atoms with Crippen LogP contribution in [-0.4, -0.2) is 29.3 Å². The van der Waals surface area contributed by atoms with Crippen molar-refractivity contribution in [2.24, 2.45) is 0 Å². The molecule has 0 N–H and O–H groups in total. The Bertz CT molecular complexity index is 761. The van der Waals surface area contributed by atoms with E-state index in [-0.39, 0.29) is 38.6 Å². The van der Waals surface area contributed by atoms with Gasteiger partial charge < -0.3 is 9.64 Å². The van der Waals surface area contributed by atoms with E-state index in [0.717, 1.165) is 6.07 Å². The van der Waals surface area contributed by atoms with Gasteiger partial charge in [0.25, 0.3) is 5.91 Å². The van der Waals surface area contributed by atoms with Gasteiger partial charge in [-0.15, -0.1) is 0 Å². The van der Waals surface area contributed by atoms with Gasteiger partial charge in [0.1, 0.15) is 11.4 Å². The molecular weight excluding hydrogens is 355 g/mol. The van der Waals surface area contributed by atoms with Gasteiger partial charge in [0.05, 0.1) is 18.7 Å². The summed E-state index contributed by atoms with van der Waals surface area (Å²) in [4.78, 5) is 13.9. The van der Waals surface area contributed by atoms with Crippen molar-refractivity contribution in [2.45, 2.75) is 26.6 Å². The quantitative estimate of drug-likeness (QED) is 0.800. The van der Waals surface area contributed by atoms with E-state index in [1.807, 2.05) is 6.92 Å². The maximum Gasteiger partial charge on any atom is 0.419 e. The molecule has 2 heterocycles. The van der Waals surface area contributed by atoms with Gasteiger partial charge in [-0.3, -0.25) is 9.48 Å². The van der Waals surface area contributed by atoms with Crippen molar-refractivity contribution in [3.05, 3.63) is 41.7 Å². The number of hydrogen-bond acceptors (Lipinski definition) is 3. The fourth-order valence-corrected chi connectivity index (χ4v) is 2.70. The highest BCUT2D eigenvalue weighted by Gasteiger charge is 2.36. The smallest absolute Gasteiger partial charge is 0.419 e. The van der Waals surface area contributed by atoms with Crippen LogP contribution in [0.25, 0.3) is 0 Å². The number of methoxy groups -OCH3 is 1. The highest BCUT2D eigenvalue weighted by molar-refractivity contribution is 7.59. The molecule has 0 spiro atoms. The minimum atomic E-state index is -4.51. The van der Waals surface area contributed by atoms with Crippen molar-refractivity contribution < 1.29 is 22.7 Å². The predicted molar refractivity (Wildman–Crippen MR) is 93.7 cm³/mol. The topological polar surface area (TPSA) is 47.4 Å². The molecule has 0 saturated carbocycles. The number of rotatable bonds is 2. The Balaban J connectivity index is 0.00000156. The molecule has 0 radical (unpaired) electrons. The molecule has 1 aliphatic rings.